The highest BCUT2D eigenvalue weighted by Crippen LogP contribution is 2.27. The van der Waals surface area contributed by atoms with Crippen molar-refractivity contribution < 1.29 is 16.8 Å². The van der Waals surface area contributed by atoms with Crippen molar-refractivity contribution in [1.82, 2.24) is 4.31 Å². The first-order chi connectivity index (χ1) is 12.3. The van der Waals surface area contributed by atoms with Crippen molar-refractivity contribution in [1.29, 1.82) is 0 Å². The van der Waals surface area contributed by atoms with Crippen molar-refractivity contribution in [2.75, 3.05) is 11.8 Å². The third-order valence-corrected chi connectivity index (χ3v) is 9.34. The first kappa shape index (κ1) is 19.3. The Kier molecular flexibility index (Phi) is 5.71. The number of nitrogens with zero attached hydrogens (tertiary/aromatic N) is 1. The van der Waals surface area contributed by atoms with Gasteiger partial charge in [0.25, 0.3) is 10.0 Å². The Morgan fingerprint density at radius 3 is 2.23 bits per heavy atom. The molecule has 0 bridgehead atoms. The molecule has 0 spiro atoms. The molecule has 9 heteroatoms. The van der Waals surface area contributed by atoms with Gasteiger partial charge in [-0.1, -0.05) is 25.3 Å². The highest BCUT2D eigenvalue weighted by atomic mass is 32.2. The molecule has 1 aromatic heterocycles. The van der Waals surface area contributed by atoms with Crippen LogP contribution in [-0.4, -0.2) is 34.2 Å². The van der Waals surface area contributed by atoms with E-state index in [1.54, 1.807) is 18.5 Å². The Morgan fingerprint density at radius 2 is 1.65 bits per heavy atom. The third kappa shape index (κ3) is 4.11. The van der Waals surface area contributed by atoms with Gasteiger partial charge in [0.2, 0.25) is 10.0 Å². The molecule has 0 unspecified atom stereocenters. The first-order valence-corrected chi connectivity index (χ1v) is 12.3. The second kappa shape index (κ2) is 7.67. The molecule has 1 heterocycles. The average molecular weight is 415 g/mol. The van der Waals surface area contributed by atoms with Crippen LogP contribution in [0.5, 0.6) is 0 Å². The van der Waals surface area contributed by atoms with Crippen molar-refractivity contribution in [3.63, 3.8) is 0 Å². The Hall–Kier alpha value is -1.42. The largest absolute Gasteiger partial charge is 0.279 e. The van der Waals surface area contributed by atoms with Gasteiger partial charge in [0.15, 0.2) is 0 Å². The predicted octanol–water partition coefficient (Wildman–Crippen LogP) is 3.50. The van der Waals surface area contributed by atoms with E-state index in [1.165, 1.54) is 34.6 Å². The Labute approximate surface area is 159 Å². The molecule has 3 rings (SSSR count). The number of rotatable bonds is 6. The lowest BCUT2D eigenvalue weighted by atomic mass is 9.96. The molecule has 6 nitrogen and oxygen atoms in total. The van der Waals surface area contributed by atoms with Gasteiger partial charge in [0.05, 0.1) is 4.90 Å². The number of hydrogen-bond donors (Lipinski definition) is 1. The minimum absolute atomic E-state index is 0.0331. The molecule has 1 aliphatic rings. The molecule has 1 fully saturated rings. The molecular weight excluding hydrogens is 392 g/mol. The maximum atomic E-state index is 12.8. The number of benzene rings is 1. The zero-order chi connectivity index (χ0) is 18.8. The fourth-order valence-electron chi connectivity index (χ4n) is 3.12. The van der Waals surface area contributed by atoms with Crippen LogP contribution in [0.4, 0.5) is 5.69 Å². The quantitative estimate of drug-likeness (QED) is 0.784. The van der Waals surface area contributed by atoms with Gasteiger partial charge in [-0.05, 0) is 48.6 Å². The maximum absolute atomic E-state index is 12.8. The number of hydrogen-bond acceptors (Lipinski definition) is 5. The van der Waals surface area contributed by atoms with E-state index in [1.807, 2.05) is 0 Å². The summed E-state index contributed by atoms with van der Waals surface area (Å²) >= 11 is 1.12. The second-order valence-electron chi connectivity index (χ2n) is 6.38. The van der Waals surface area contributed by atoms with E-state index in [4.69, 9.17) is 0 Å². The van der Waals surface area contributed by atoms with Crippen LogP contribution in [-0.2, 0) is 20.0 Å². The molecule has 1 aliphatic carbocycles. The fraction of sp³-hybridized carbons (Fsp3) is 0.412. The molecule has 0 aliphatic heterocycles. The molecule has 0 radical (unpaired) electrons. The summed E-state index contributed by atoms with van der Waals surface area (Å²) in [4.78, 5) is 0.171. The maximum Gasteiger partial charge on any atom is 0.271 e. The second-order valence-corrected chi connectivity index (χ2v) is 11.2. The van der Waals surface area contributed by atoms with Crippen LogP contribution in [0.3, 0.4) is 0 Å². The molecule has 0 amide bonds. The predicted molar refractivity (Wildman–Crippen MR) is 103 cm³/mol. The van der Waals surface area contributed by atoms with E-state index in [0.717, 1.165) is 43.4 Å². The summed E-state index contributed by atoms with van der Waals surface area (Å²) in [6.45, 7) is 0. The number of anilines is 1. The van der Waals surface area contributed by atoms with Gasteiger partial charge in [0, 0.05) is 18.8 Å². The fourth-order valence-corrected chi connectivity index (χ4v) is 6.59. The lowest BCUT2D eigenvalue weighted by Crippen LogP contribution is -2.38. The average Bonchev–Trinajstić information content (AvgIpc) is 3.18. The third-order valence-electron chi connectivity index (χ3n) is 4.63. The van der Waals surface area contributed by atoms with E-state index < -0.39 is 20.0 Å². The zero-order valence-corrected chi connectivity index (χ0v) is 16.9. The zero-order valence-electron chi connectivity index (χ0n) is 14.5. The van der Waals surface area contributed by atoms with Gasteiger partial charge < -0.3 is 0 Å². The van der Waals surface area contributed by atoms with Crippen LogP contribution >= 0.6 is 11.3 Å². The van der Waals surface area contributed by atoms with Crippen molar-refractivity contribution in [2.24, 2.45) is 0 Å². The summed E-state index contributed by atoms with van der Waals surface area (Å²) in [6.07, 6.45) is 5.02. The van der Waals surface area contributed by atoms with E-state index in [0.29, 0.717) is 5.69 Å². The number of nitrogens with one attached hydrogen (secondary N) is 1. The highest BCUT2D eigenvalue weighted by molar-refractivity contribution is 7.94. The summed E-state index contributed by atoms with van der Waals surface area (Å²) in [5, 5.41) is 1.69. The summed E-state index contributed by atoms with van der Waals surface area (Å²) in [5.41, 5.74) is 0.331. The van der Waals surface area contributed by atoms with Crippen molar-refractivity contribution in [3.8, 4) is 0 Å². The molecular formula is C17H22N2O4S3. The normalized spacial score (nSPS) is 16.7. The van der Waals surface area contributed by atoms with Gasteiger partial charge in [-0.25, -0.2) is 16.8 Å². The van der Waals surface area contributed by atoms with Gasteiger partial charge in [-0.3, -0.25) is 4.72 Å². The van der Waals surface area contributed by atoms with Crippen molar-refractivity contribution in [2.45, 2.75) is 47.3 Å². The molecule has 0 atom stereocenters. The van der Waals surface area contributed by atoms with Gasteiger partial charge in [0.1, 0.15) is 4.21 Å². The van der Waals surface area contributed by atoms with Crippen molar-refractivity contribution >= 4 is 37.1 Å². The molecule has 0 saturated heterocycles. The van der Waals surface area contributed by atoms with Gasteiger partial charge in [-0.15, -0.1) is 11.3 Å². The lowest BCUT2D eigenvalue weighted by Gasteiger charge is -2.30. The highest BCUT2D eigenvalue weighted by Gasteiger charge is 2.29. The van der Waals surface area contributed by atoms with Crippen molar-refractivity contribution in [3.05, 3.63) is 41.8 Å². The first-order valence-electron chi connectivity index (χ1n) is 8.45. The van der Waals surface area contributed by atoms with Crippen LogP contribution in [0.25, 0.3) is 0 Å². The van der Waals surface area contributed by atoms with Gasteiger partial charge >= 0.3 is 0 Å². The van der Waals surface area contributed by atoms with E-state index in [-0.39, 0.29) is 15.1 Å². The Morgan fingerprint density at radius 1 is 1.00 bits per heavy atom. The molecule has 1 aromatic carbocycles. The minimum atomic E-state index is -3.64. The van der Waals surface area contributed by atoms with Crippen LogP contribution in [0.1, 0.15) is 32.1 Å². The molecule has 1 N–H and O–H groups in total. The van der Waals surface area contributed by atoms with Crippen LogP contribution < -0.4 is 4.72 Å². The number of sulfonamides is 2. The molecule has 26 heavy (non-hydrogen) atoms. The summed E-state index contributed by atoms with van der Waals surface area (Å²) in [5.74, 6) is 0. The summed E-state index contributed by atoms with van der Waals surface area (Å²) < 4.78 is 54.2. The monoisotopic (exact) mass is 414 g/mol. The van der Waals surface area contributed by atoms with Crippen LogP contribution in [0, 0.1) is 0 Å². The molecule has 142 valence electrons. The SMILES string of the molecule is CN(C1CCCCC1)S(=O)(=O)c1ccc(NS(=O)(=O)c2cccs2)cc1. The Bertz CT molecular complexity index is 930. The molecule has 1 saturated carbocycles. The minimum Gasteiger partial charge on any atom is -0.279 e. The summed E-state index contributed by atoms with van der Waals surface area (Å²) in [7, 11) is -5.60. The van der Waals surface area contributed by atoms with Crippen LogP contribution in [0.15, 0.2) is 50.9 Å². The lowest BCUT2D eigenvalue weighted by molar-refractivity contribution is 0.286. The standard InChI is InChI=1S/C17H22N2O4S3/c1-19(15-6-3-2-4-7-15)26(22,23)16-11-9-14(10-12-16)18-25(20,21)17-8-5-13-24-17/h5,8-13,15,18H,2-4,6-7H2,1H3. The number of thiophene rings is 1. The molecule has 2 aromatic rings. The topological polar surface area (TPSA) is 83.6 Å². The van der Waals surface area contributed by atoms with E-state index in [2.05, 4.69) is 4.72 Å². The summed E-state index contributed by atoms with van der Waals surface area (Å²) in [6, 6.07) is 9.06. The van der Waals surface area contributed by atoms with Gasteiger partial charge in [-0.2, -0.15) is 4.31 Å². The smallest absolute Gasteiger partial charge is 0.271 e. The van der Waals surface area contributed by atoms with E-state index in [9.17, 15) is 16.8 Å². The van der Waals surface area contributed by atoms with E-state index >= 15 is 0 Å². The van der Waals surface area contributed by atoms with Crippen LogP contribution in [0.2, 0.25) is 0 Å². The Balaban J connectivity index is 1.76.